The van der Waals surface area contributed by atoms with E-state index in [2.05, 4.69) is 21.7 Å². The zero-order valence-corrected chi connectivity index (χ0v) is 19.8. The van der Waals surface area contributed by atoms with E-state index in [9.17, 15) is 19.6 Å². The van der Waals surface area contributed by atoms with E-state index in [1.165, 1.54) is 12.8 Å². The molecule has 1 aromatic heterocycles. The van der Waals surface area contributed by atoms with Crippen LogP contribution in [0.25, 0.3) is 10.9 Å². The van der Waals surface area contributed by atoms with Crippen LogP contribution in [0.15, 0.2) is 24.3 Å². The van der Waals surface area contributed by atoms with Crippen LogP contribution in [-0.4, -0.2) is 41.8 Å². The number of benzene rings is 1. The lowest BCUT2D eigenvalue weighted by atomic mass is 9.93. The first-order valence-electron chi connectivity index (χ1n) is 12.8. The summed E-state index contributed by atoms with van der Waals surface area (Å²) in [5.41, 5.74) is 1.31. The first kappa shape index (κ1) is 23.4. The second-order valence-electron chi connectivity index (χ2n) is 10.4. The Kier molecular flexibility index (Phi) is 6.76. The molecule has 35 heavy (non-hydrogen) atoms. The molecular formula is C27H32N4O4. The number of hydrogen-bond donors (Lipinski definition) is 3. The number of rotatable bonds is 12. The number of aromatic nitrogens is 1. The first-order chi connectivity index (χ1) is 17.0. The fraction of sp³-hybridized carbons (Fsp3) is 0.556. The highest BCUT2D eigenvalue weighted by Crippen LogP contribution is 2.37. The van der Waals surface area contributed by atoms with Crippen molar-refractivity contribution in [3.05, 3.63) is 30.0 Å². The molecule has 8 nitrogen and oxygen atoms in total. The van der Waals surface area contributed by atoms with Gasteiger partial charge in [-0.2, -0.15) is 5.26 Å². The predicted octanol–water partition coefficient (Wildman–Crippen LogP) is 3.48. The van der Waals surface area contributed by atoms with Gasteiger partial charge in [-0.3, -0.25) is 14.4 Å². The van der Waals surface area contributed by atoms with Crippen LogP contribution in [0, 0.1) is 35.0 Å². The first-order valence-corrected chi connectivity index (χ1v) is 12.8. The molecule has 3 unspecified atom stereocenters. The van der Waals surface area contributed by atoms with Crippen LogP contribution in [0.3, 0.4) is 0 Å². The number of nitriles is 1. The molecule has 2 heterocycles. The molecule has 3 atom stereocenters. The lowest BCUT2D eigenvalue weighted by Crippen LogP contribution is -2.40. The van der Waals surface area contributed by atoms with Crippen molar-refractivity contribution in [2.75, 3.05) is 13.2 Å². The molecule has 0 spiro atoms. The van der Waals surface area contributed by atoms with Gasteiger partial charge in [-0.05, 0) is 62.1 Å². The number of ether oxygens (including phenoxy) is 1. The molecule has 3 N–H and O–H groups in total. The Morgan fingerprint density at radius 2 is 1.94 bits per heavy atom. The van der Waals surface area contributed by atoms with Crippen molar-refractivity contribution in [2.45, 2.75) is 57.4 Å². The number of aromatic amines is 1. The van der Waals surface area contributed by atoms with Crippen molar-refractivity contribution in [2.24, 2.45) is 23.7 Å². The third kappa shape index (κ3) is 5.84. The molecule has 2 amide bonds. The van der Waals surface area contributed by atoms with Crippen LogP contribution in [-0.2, 0) is 9.59 Å². The number of fused-ring (bicyclic) bond motifs is 1. The molecule has 3 fully saturated rings. The lowest BCUT2D eigenvalue weighted by molar-refractivity contribution is -0.127. The van der Waals surface area contributed by atoms with E-state index in [-0.39, 0.29) is 29.9 Å². The average Bonchev–Trinajstić information content (AvgIpc) is 3.77. The summed E-state index contributed by atoms with van der Waals surface area (Å²) in [6, 6.07) is 8.94. The van der Waals surface area contributed by atoms with Gasteiger partial charge in [-0.15, -0.1) is 0 Å². The van der Waals surface area contributed by atoms with Crippen LogP contribution in [0.5, 0.6) is 5.75 Å². The van der Waals surface area contributed by atoms with Gasteiger partial charge in [0.05, 0.1) is 18.4 Å². The standard InChI is InChI=1S/C27H32N4O4/c28-14-20(11-18-8-9-29-26(18)33)30-27(34)19(10-16-4-5-16)12-24(32)23-13-21-22(31-23)2-1-3-25(21)35-15-17-6-7-17/h1-3,13,16-20,31H,4-12,15H2,(H,29,33)(H,30,34). The normalized spacial score (nSPS) is 21.2. The van der Waals surface area contributed by atoms with Gasteiger partial charge >= 0.3 is 0 Å². The fourth-order valence-corrected chi connectivity index (χ4v) is 4.86. The van der Waals surface area contributed by atoms with Crippen LogP contribution < -0.4 is 15.4 Å². The molecular weight excluding hydrogens is 444 g/mol. The van der Waals surface area contributed by atoms with E-state index < -0.39 is 12.0 Å². The minimum Gasteiger partial charge on any atom is -0.493 e. The second-order valence-corrected chi connectivity index (χ2v) is 10.4. The Balaban J connectivity index is 1.25. The maximum Gasteiger partial charge on any atom is 0.224 e. The molecule has 1 aromatic carbocycles. The summed E-state index contributed by atoms with van der Waals surface area (Å²) >= 11 is 0. The number of nitrogens with one attached hydrogen (secondary N) is 3. The van der Waals surface area contributed by atoms with Gasteiger partial charge in [0.25, 0.3) is 0 Å². The number of carbonyl (C=O) groups excluding carboxylic acids is 3. The number of nitrogens with zero attached hydrogens (tertiary/aromatic N) is 1. The van der Waals surface area contributed by atoms with Crippen LogP contribution in [0.4, 0.5) is 0 Å². The summed E-state index contributed by atoms with van der Waals surface area (Å²) in [6.45, 7) is 1.30. The van der Waals surface area contributed by atoms with Crippen LogP contribution >= 0.6 is 0 Å². The van der Waals surface area contributed by atoms with Gasteiger partial charge in [0, 0.05) is 35.7 Å². The van der Waals surface area contributed by atoms with E-state index >= 15 is 0 Å². The van der Waals surface area contributed by atoms with E-state index in [0.717, 1.165) is 29.5 Å². The monoisotopic (exact) mass is 476 g/mol. The molecule has 0 bridgehead atoms. The van der Waals surface area contributed by atoms with Gasteiger partial charge in [0.2, 0.25) is 11.8 Å². The van der Waals surface area contributed by atoms with E-state index in [4.69, 9.17) is 4.74 Å². The quantitative estimate of drug-likeness (QED) is 0.405. The molecule has 2 saturated carbocycles. The molecule has 2 aromatic rings. The predicted molar refractivity (Wildman–Crippen MR) is 130 cm³/mol. The molecule has 0 radical (unpaired) electrons. The molecule has 1 aliphatic heterocycles. The van der Waals surface area contributed by atoms with Gasteiger partial charge in [0.15, 0.2) is 5.78 Å². The third-order valence-electron chi connectivity index (χ3n) is 7.37. The van der Waals surface area contributed by atoms with Crippen molar-refractivity contribution < 1.29 is 19.1 Å². The third-order valence-corrected chi connectivity index (χ3v) is 7.37. The zero-order valence-electron chi connectivity index (χ0n) is 19.8. The van der Waals surface area contributed by atoms with Crippen molar-refractivity contribution in [3.8, 4) is 11.8 Å². The highest BCUT2D eigenvalue weighted by molar-refractivity contribution is 6.02. The number of carbonyl (C=O) groups is 3. The van der Waals surface area contributed by atoms with Gasteiger partial charge in [0.1, 0.15) is 11.8 Å². The molecule has 5 rings (SSSR count). The Hall–Kier alpha value is -3.34. The Morgan fingerprint density at radius 3 is 2.63 bits per heavy atom. The van der Waals surface area contributed by atoms with Crippen molar-refractivity contribution in [3.63, 3.8) is 0 Å². The maximum absolute atomic E-state index is 13.2. The van der Waals surface area contributed by atoms with E-state index in [1.54, 1.807) is 0 Å². The van der Waals surface area contributed by atoms with Gasteiger partial charge < -0.3 is 20.4 Å². The largest absolute Gasteiger partial charge is 0.493 e. The SMILES string of the molecule is N#CC(CC1CCNC1=O)NC(=O)C(CC(=O)c1cc2c(OCC3CC3)cccc2[nH]1)CC1CC1. The second kappa shape index (κ2) is 10.1. The van der Waals surface area contributed by atoms with Crippen LogP contribution in [0.2, 0.25) is 0 Å². The minimum atomic E-state index is -0.743. The fourth-order valence-electron chi connectivity index (χ4n) is 4.86. The number of amides is 2. The van der Waals surface area contributed by atoms with E-state index in [0.29, 0.717) is 49.9 Å². The van der Waals surface area contributed by atoms with Crippen molar-refractivity contribution >= 4 is 28.5 Å². The lowest BCUT2D eigenvalue weighted by Gasteiger charge is -2.19. The molecule has 184 valence electrons. The molecule has 2 aliphatic carbocycles. The summed E-state index contributed by atoms with van der Waals surface area (Å²) in [5, 5.41) is 16.0. The summed E-state index contributed by atoms with van der Waals surface area (Å²) in [6.07, 6.45) is 6.22. The smallest absolute Gasteiger partial charge is 0.224 e. The Bertz CT molecular complexity index is 1160. The zero-order chi connectivity index (χ0) is 24.4. The van der Waals surface area contributed by atoms with Crippen LogP contribution in [0.1, 0.15) is 61.9 Å². The van der Waals surface area contributed by atoms with Gasteiger partial charge in [-0.25, -0.2) is 0 Å². The number of Topliss-reactive ketones (excluding diaryl/α,β-unsaturated/α-hetero) is 1. The number of H-pyrrole nitrogens is 1. The summed E-state index contributed by atoms with van der Waals surface area (Å²) < 4.78 is 5.98. The summed E-state index contributed by atoms with van der Waals surface area (Å²) in [7, 11) is 0. The molecule has 8 heteroatoms. The molecule has 3 aliphatic rings. The highest BCUT2D eigenvalue weighted by Gasteiger charge is 2.34. The minimum absolute atomic E-state index is 0.0662. The average molecular weight is 477 g/mol. The summed E-state index contributed by atoms with van der Waals surface area (Å²) in [5.74, 6) is 0.621. The molecule has 1 saturated heterocycles. The Labute approximate surface area is 204 Å². The maximum atomic E-state index is 13.2. The van der Waals surface area contributed by atoms with Crippen molar-refractivity contribution in [1.29, 1.82) is 5.26 Å². The van der Waals surface area contributed by atoms with E-state index in [1.807, 2.05) is 24.3 Å². The number of ketones is 1. The number of hydrogen-bond acceptors (Lipinski definition) is 5. The Morgan fingerprint density at radius 1 is 1.14 bits per heavy atom. The highest BCUT2D eigenvalue weighted by atomic mass is 16.5. The van der Waals surface area contributed by atoms with Gasteiger partial charge in [-0.1, -0.05) is 18.9 Å². The van der Waals surface area contributed by atoms with Crippen molar-refractivity contribution in [1.82, 2.24) is 15.6 Å². The summed E-state index contributed by atoms with van der Waals surface area (Å²) in [4.78, 5) is 41.4. The topological polar surface area (TPSA) is 124 Å².